The molecule has 1 fully saturated rings. The number of thiocarbonyl (C=S) groups is 1. The summed E-state index contributed by atoms with van der Waals surface area (Å²) in [7, 11) is -3.39. The first-order chi connectivity index (χ1) is 9.51. The van der Waals surface area contributed by atoms with Gasteiger partial charge in [0.15, 0.2) is 0 Å². The third-order valence-electron chi connectivity index (χ3n) is 3.48. The van der Waals surface area contributed by atoms with Crippen LogP contribution in [0, 0.1) is 5.92 Å². The molecule has 7 heteroatoms. The summed E-state index contributed by atoms with van der Waals surface area (Å²) in [6, 6.07) is 7.60. The lowest BCUT2D eigenvalue weighted by Crippen LogP contribution is -2.37. The van der Waals surface area contributed by atoms with Crippen molar-refractivity contribution in [3.05, 3.63) is 29.8 Å². The third kappa shape index (κ3) is 2.39. The zero-order chi connectivity index (χ0) is 14.3. The van der Waals surface area contributed by atoms with Gasteiger partial charge in [0.05, 0.1) is 12.6 Å². The van der Waals surface area contributed by atoms with E-state index in [2.05, 4.69) is 13.8 Å². The van der Waals surface area contributed by atoms with Crippen molar-refractivity contribution in [2.45, 2.75) is 26.5 Å². The number of rotatable bonds is 2. The Morgan fingerprint density at radius 3 is 2.95 bits per heavy atom. The average molecular weight is 329 g/mol. The van der Waals surface area contributed by atoms with Gasteiger partial charge in [-0.15, -0.1) is 0 Å². The quantitative estimate of drug-likeness (QED) is 0.602. The van der Waals surface area contributed by atoms with Gasteiger partial charge < -0.3 is 4.52 Å². The first-order valence-corrected chi connectivity index (χ1v) is 9.39. The molecule has 3 rings (SSSR count). The molecule has 1 aromatic carbocycles. The topological polar surface area (TPSA) is 38.8 Å². The molecular weight excluding hydrogens is 313 g/mol. The van der Waals surface area contributed by atoms with E-state index in [1.54, 1.807) is 16.4 Å². The summed E-state index contributed by atoms with van der Waals surface area (Å²) in [5.74, 6) is 1.79. The number of fused-ring (bicyclic) bond motifs is 1. The summed E-state index contributed by atoms with van der Waals surface area (Å²) < 4.78 is 26.7. The van der Waals surface area contributed by atoms with Crippen molar-refractivity contribution >= 4 is 36.0 Å². The first-order valence-electron chi connectivity index (χ1n) is 6.50. The van der Waals surface area contributed by atoms with Crippen molar-refractivity contribution in [1.29, 1.82) is 0 Å². The van der Waals surface area contributed by atoms with Crippen LogP contribution in [0.15, 0.2) is 24.3 Å². The maximum Gasteiger partial charge on any atom is 0.490 e. The zero-order valence-electron chi connectivity index (χ0n) is 11.3. The van der Waals surface area contributed by atoms with Crippen molar-refractivity contribution in [2.75, 3.05) is 5.75 Å². The Morgan fingerprint density at radius 2 is 2.20 bits per heavy atom. The van der Waals surface area contributed by atoms with E-state index in [9.17, 15) is 4.57 Å². The van der Waals surface area contributed by atoms with Crippen LogP contribution in [0.5, 0.6) is 5.75 Å². The average Bonchev–Trinajstić information content (AvgIpc) is 2.81. The van der Waals surface area contributed by atoms with Crippen LogP contribution >= 0.6 is 31.7 Å². The summed E-state index contributed by atoms with van der Waals surface area (Å²) in [4.78, 5) is 0. The van der Waals surface area contributed by atoms with Crippen LogP contribution in [-0.2, 0) is 15.7 Å². The molecule has 0 bridgehead atoms. The van der Waals surface area contributed by atoms with E-state index in [0.29, 0.717) is 22.6 Å². The monoisotopic (exact) mass is 329 g/mol. The predicted molar refractivity (Wildman–Crippen MR) is 85.0 cm³/mol. The maximum absolute atomic E-state index is 13.1. The fourth-order valence-corrected chi connectivity index (χ4v) is 6.55. The highest BCUT2D eigenvalue weighted by molar-refractivity contribution is 8.23. The van der Waals surface area contributed by atoms with Crippen LogP contribution in [0.25, 0.3) is 0 Å². The van der Waals surface area contributed by atoms with Crippen LogP contribution < -0.4 is 4.52 Å². The molecule has 1 saturated heterocycles. The van der Waals surface area contributed by atoms with E-state index < -0.39 is 7.75 Å². The molecule has 0 aliphatic carbocycles. The van der Waals surface area contributed by atoms with Crippen LogP contribution in [-0.4, -0.2) is 20.8 Å². The van der Waals surface area contributed by atoms with Crippen molar-refractivity contribution < 1.29 is 13.6 Å². The number of hydrogen-bond acceptors (Lipinski definition) is 5. The molecule has 0 unspecified atom stereocenters. The van der Waals surface area contributed by atoms with Gasteiger partial charge >= 0.3 is 7.75 Å². The van der Waals surface area contributed by atoms with Gasteiger partial charge in [0.2, 0.25) is 0 Å². The molecule has 108 valence electrons. The molecule has 2 aliphatic rings. The summed E-state index contributed by atoms with van der Waals surface area (Å²) in [6.07, 6.45) is 0. The third-order valence-corrected chi connectivity index (χ3v) is 7.16. The Kier molecular flexibility index (Phi) is 3.84. The van der Waals surface area contributed by atoms with Gasteiger partial charge in [0, 0.05) is 11.3 Å². The molecule has 0 amide bonds. The molecule has 0 radical (unpaired) electrons. The summed E-state index contributed by atoms with van der Waals surface area (Å²) in [6.45, 7) is 4.48. The van der Waals surface area contributed by atoms with Crippen LogP contribution in [0.4, 0.5) is 0 Å². The summed E-state index contributed by atoms with van der Waals surface area (Å²) in [5, 5.41) is 0. The van der Waals surface area contributed by atoms with Gasteiger partial charge in [-0.3, -0.25) is 4.52 Å². The predicted octanol–water partition coefficient (Wildman–Crippen LogP) is 4.06. The van der Waals surface area contributed by atoms with Gasteiger partial charge in [-0.2, -0.15) is 0 Å². The highest BCUT2D eigenvalue weighted by Crippen LogP contribution is 2.60. The van der Waals surface area contributed by atoms with Crippen LogP contribution in [0.1, 0.15) is 19.4 Å². The Labute approximate surface area is 128 Å². The number of nitrogens with zero attached hydrogens (tertiary/aromatic N) is 1. The Balaban J connectivity index is 1.94. The lowest BCUT2D eigenvalue weighted by molar-refractivity contribution is 0.188. The zero-order valence-corrected chi connectivity index (χ0v) is 13.8. The second-order valence-electron chi connectivity index (χ2n) is 5.17. The van der Waals surface area contributed by atoms with E-state index >= 15 is 0 Å². The molecule has 0 spiro atoms. The standard InChI is InChI=1S/C13H16NO3PS2/c1-9(2)11-8-20-13(19)14(11)18(15)16-7-10-5-3-4-6-12(10)17-18/h3-6,9,11H,7-8H2,1-2H3/t11-,18-/m1/s1. The SMILES string of the molecule is CC(C)[C@H]1CSC(=S)N1[P@@]1(=O)OCc2ccccc2O1. The van der Waals surface area contributed by atoms with E-state index in [1.807, 2.05) is 24.3 Å². The minimum atomic E-state index is -3.39. The van der Waals surface area contributed by atoms with Crippen LogP contribution in [0.3, 0.4) is 0 Å². The minimum absolute atomic E-state index is 0.0867. The highest BCUT2D eigenvalue weighted by atomic mass is 32.2. The number of para-hydroxylation sites is 1. The van der Waals surface area contributed by atoms with E-state index in [1.165, 1.54) is 0 Å². The summed E-state index contributed by atoms with van der Waals surface area (Å²) >= 11 is 6.89. The Hall–Kier alpha value is -0.550. The van der Waals surface area contributed by atoms with E-state index in [0.717, 1.165) is 11.3 Å². The minimum Gasteiger partial charge on any atom is -0.409 e. The molecule has 20 heavy (non-hydrogen) atoms. The van der Waals surface area contributed by atoms with Crippen molar-refractivity contribution in [2.24, 2.45) is 5.92 Å². The smallest absolute Gasteiger partial charge is 0.409 e. The lowest BCUT2D eigenvalue weighted by atomic mass is 10.1. The molecule has 0 N–H and O–H groups in total. The molecular formula is C13H16NO3PS2. The molecule has 4 nitrogen and oxygen atoms in total. The van der Waals surface area contributed by atoms with E-state index in [-0.39, 0.29) is 6.04 Å². The maximum atomic E-state index is 13.1. The van der Waals surface area contributed by atoms with Gasteiger partial charge in [-0.1, -0.05) is 56.0 Å². The molecule has 2 atom stereocenters. The van der Waals surface area contributed by atoms with E-state index in [4.69, 9.17) is 21.3 Å². The molecule has 0 saturated carbocycles. The molecule has 2 aliphatic heterocycles. The number of thioether (sulfide) groups is 1. The first kappa shape index (κ1) is 14.4. The second-order valence-corrected chi connectivity index (χ2v) is 8.64. The van der Waals surface area contributed by atoms with Crippen LogP contribution in [0.2, 0.25) is 0 Å². The fraction of sp³-hybridized carbons (Fsp3) is 0.462. The Bertz CT molecular complexity index is 593. The molecule has 2 heterocycles. The number of benzene rings is 1. The normalized spacial score (nSPS) is 29.4. The van der Waals surface area contributed by atoms with Crippen molar-refractivity contribution in [3.8, 4) is 5.75 Å². The number of hydrogen-bond donors (Lipinski definition) is 0. The summed E-state index contributed by atoms with van der Waals surface area (Å²) in [5.41, 5.74) is 0.915. The van der Waals surface area contributed by atoms with Gasteiger partial charge in [-0.25, -0.2) is 9.24 Å². The largest absolute Gasteiger partial charge is 0.490 e. The van der Waals surface area contributed by atoms with Gasteiger partial charge in [0.25, 0.3) is 0 Å². The van der Waals surface area contributed by atoms with Gasteiger partial charge in [0.1, 0.15) is 10.1 Å². The van der Waals surface area contributed by atoms with Crippen molar-refractivity contribution in [3.63, 3.8) is 0 Å². The highest BCUT2D eigenvalue weighted by Gasteiger charge is 2.48. The molecule has 1 aromatic rings. The van der Waals surface area contributed by atoms with Crippen molar-refractivity contribution in [1.82, 2.24) is 4.67 Å². The second kappa shape index (κ2) is 5.34. The van der Waals surface area contributed by atoms with Gasteiger partial charge in [-0.05, 0) is 12.0 Å². The Morgan fingerprint density at radius 1 is 1.45 bits per heavy atom. The molecule has 0 aromatic heterocycles. The lowest BCUT2D eigenvalue weighted by Gasteiger charge is -2.36. The fourth-order valence-electron chi connectivity index (χ4n) is 2.31.